The molecule has 2 aromatic rings. The van der Waals surface area contributed by atoms with Gasteiger partial charge in [-0.1, -0.05) is 41.9 Å². The fraction of sp³-hybridized carbons (Fsp3) is 0.423. The van der Waals surface area contributed by atoms with Gasteiger partial charge >= 0.3 is 0 Å². The summed E-state index contributed by atoms with van der Waals surface area (Å²) < 4.78 is 6.38. The van der Waals surface area contributed by atoms with E-state index >= 15 is 0 Å². The van der Waals surface area contributed by atoms with E-state index in [4.69, 9.17) is 16.3 Å². The molecule has 6 atom stereocenters. The van der Waals surface area contributed by atoms with E-state index in [9.17, 15) is 19.5 Å². The van der Waals surface area contributed by atoms with Crippen molar-refractivity contribution < 1.29 is 24.2 Å². The minimum atomic E-state index is -1.15. The van der Waals surface area contributed by atoms with Crippen LogP contribution < -0.4 is 10.6 Å². The number of carbonyl (C=O) groups excluding carboxylic acids is 3. The second-order valence-corrected chi connectivity index (χ2v) is 10.0. The summed E-state index contributed by atoms with van der Waals surface area (Å²) in [6.07, 6.45) is 0.571. The molecule has 35 heavy (non-hydrogen) atoms. The molecule has 0 saturated carbocycles. The van der Waals surface area contributed by atoms with Crippen molar-refractivity contribution in [2.45, 2.75) is 50.5 Å². The SMILES string of the molecule is Cc1cccc(Cl)c1NC(=O)C1N([C@H](C)CO)C(=O)[C@@H]2[C@@H](C(=O)Nc3ccccc3)[C@H]3CCC12O3. The van der Waals surface area contributed by atoms with Crippen LogP contribution in [0.15, 0.2) is 48.5 Å². The summed E-state index contributed by atoms with van der Waals surface area (Å²) in [7, 11) is 0. The first kappa shape index (κ1) is 23.8. The predicted octanol–water partition coefficient (Wildman–Crippen LogP) is 2.98. The van der Waals surface area contributed by atoms with Gasteiger partial charge in [0, 0.05) is 5.69 Å². The zero-order valence-corrected chi connectivity index (χ0v) is 20.3. The van der Waals surface area contributed by atoms with Gasteiger partial charge in [0.05, 0.1) is 41.3 Å². The lowest BCUT2D eigenvalue weighted by molar-refractivity contribution is -0.142. The molecule has 3 aliphatic heterocycles. The Hall–Kier alpha value is -2.94. The molecule has 1 spiro atoms. The molecule has 2 unspecified atom stereocenters. The van der Waals surface area contributed by atoms with Crippen molar-refractivity contribution in [3.8, 4) is 0 Å². The van der Waals surface area contributed by atoms with E-state index in [2.05, 4.69) is 10.6 Å². The molecule has 3 N–H and O–H groups in total. The summed E-state index contributed by atoms with van der Waals surface area (Å²) in [6, 6.07) is 12.7. The lowest BCUT2D eigenvalue weighted by Gasteiger charge is -2.35. The molecule has 3 amide bonds. The fourth-order valence-electron chi connectivity index (χ4n) is 5.98. The van der Waals surface area contributed by atoms with Crippen molar-refractivity contribution in [1.82, 2.24) is 4.90 Å². The molecule has 8 nitrogen and oxygen atoms in total. The van der Waals surface area contributed by atoms with Crippen LogP contribution in [0, 0.1) is 18.8 Å². The topological polar surface area (TPSA) is 108 Å². The summed E-state index contributed by atoms with van der Waals surface area (Å²) in [5.74, 6) is -2.65. The zero-order chi connectivity index (χ0) is 24.9. The number of aryl methyl sites for hydroxylation is 1. The zero-order valence-electron chi connectivity index (χ0n) is 19.5. The van der Waals surface area contributed by atoms with Gasteiger partial charge in [-0.3, -0.25) is 14.4 Å². The first-order valence-electron chi connectivity index (χ1n) is 11.8. The maximum Gasteiger partial charge on any atom is 0.250 e. The number of halogens is 1. The van der Waals surface area contributed by atoms with E-state index in [0.29, 0.717) is 29.2 Å². The number of likely N-dealkylation sites (tertiary alicyclic amines) is 1. The van der Waals surface area contributed by atoms with Crippen LogP contribution in [0.5, 0.6) is 0 Å². The van der Waals surface area contributed by atoms with E-state index in [0.717, 1.165) is 5.56 Å². The van der Waals surface area contributed by atoms with Crippen LogP contribution in [-0.2, 0) is 19.1 Å². The molecule has 3 fully saturated rings. The highest BCUT2D eigenvalue weighted by Crippen LogP contribution is 2.59. The van der Waals surface area contributed by atoms with Gasteiger partial charge < -0.3 is 25.4 Å². The third-order valence-corrected chi connectivity index (χ3v) is 7.85. The number of amides is 3. The quantitative estimate of drug-likeness (QED) is 0.568. The van der Waals surface area contributed by atoms with Crippen molar-refractivity contribution in [1.29, 1.82) is 0 Å². The number of hydrogen-bond acceptors (Lipinski definition) is 5. The van der Waals surface area contributed by atoms with Gasteiger partial charge in [0.25, 0.3) is 0 Å². The Labute approximate surface area is 208 Å². The van der Waals surface area contributed by atoms with Crippen LogP contribution in [0.1, 0.15) is 25.3 Å². The highest BCUT2D eigenvalue weighted by atomic mass is 35.5. The summed E-state index contributed by atoms with van der Waals surface area (Å²) in [5.41, 5.74) is 0.726. The van der Waals surface area contributed by atoms with Gasteiger partial charge in [-0.2, -0.15) is 0 Å². The maximum atomic E-state index is 13.8. The Morgan fingerprint density at radius 2 is 1.91 bits per heavy atom. The molecule has 184 valence electrons. The van der Waals surface area contributed by atoms with Crippen molar-refractivity contribution in [2.75, 3.05) is 17.2 Å². The molecule has 3 heterocycles. The smallest absolute Gasteiger partial charge is 0.250 e. The maximum absolute atomic E-state index is 13.8. The number of fused-ring (bicyclic) bond motifs is 1. The number of aliphatic hydroxyl groups excluding tert-OH is 1. The van der Waals surface area contributed by atoms with E-state index in [1.165, 1.54) is 4.90 Å². The molecule has 0 radical (unpaired) electrons. The van der Waals surface area contributed by atoms with Crippen LogP contribution in [0.3, 0.4) is 0 Å². The summed E-state index contributed by atoms with van der Waals surface area (Å²) >= 11 is 6.35. The number of benzene rings is 2. The summed E-state index contributed by atoms with van der Waals surface area (Å²) in [6.45, 7) is 3.19. The van der Waals surface area contributed by atoms with Crippen molar-refractivity contribution in [3.63, 3.8) is 0 Å². The summed E-state index contributed by atoms with van der Waals surface area (Å²) in [5, 5.41) is 16.1. The highest BCUT2D eigenvalue weighted by molar-refractivity contribution is 6.34. The molecule has 2 bridgehead atoms. The Kier molecular flexibility index (Phi) is 6.07. The normalized spacial score (nSPS) is 29.7. The van der Waals surface area contributed by atoms with E-state index in [1.54, 1.807) is 31.2 Å². The average Bonchev–Trinajstić information content (AvgIpc) is 3.49. The number of para-hydroxylation sites is 2. The number of nitrogens with zero attached hydrogens (tertiary/aromatic N) is 1. The number of carbonyl (C=O) groups is 3. The van der Waals surface area contributed by atoms with Crippen LogP contribution in [0.2, 0.25) is 5.02 Å². The van der Waals surface area contributed by atoms with Gasteiger partial charge in [-0.25, -0.2) is 0 Å². The number of rotatable bonds is 6. The molecule has 0 aliphatic carbocycles. The fourth-order valence-corrected chi connectivity index (χ4v) is 6.25. The third kappa shape index (κ3) is 3.71. The number of aliphatic hydroxyl groups is 1. The standard InChI is InChI=1S/C26H28ClN3O5/c1-14-7-6-10-17(27)21(14)29-24(33)22-26-12-11-18(35-26)19(20(26)25(34)30(22)15(2)13-31)23(32)28-16-8-4-3-5-9-16/h3-10,15,18-20,22,31H,11-13H2,1-2H3,(H,28,32)(H,29,33)/t15-,18-,19+,20+,22?,26?/m1/s1. The molecule has 9 heteroatoms. The van der Waals surface area contributed by atoms with Crippen molar-refractivity contribution >= 4 is 40.7 Å². The molecule has 3 aliphatic rings. The molecule has 5 rings (SSSR count). The van der Waals surface area contributed by atoms with Gasteiger partial charge in [0.1, 0.15) is 11.6 Å². The molecule has 3 saturated heterocycles. The Morgan fingerprint density at radius 1 is 1.17 bits per heavy atom. The highest BCUT2D eigenvalue weighted by Gasteiger charge is 2.74. The second kappa shape index (κ2) is 8.93. The summed E-state index contributed by atoms with van der Waals surface area (Å²) in [4.78, 5) is 42.3. The largest absolute Gasteiger partial charge is 0.394 e. The molecular weight excluding hydrogens is 470 g/mol. The first-order chi connectivity index (χ1) is 16.8. The second-order valence-electron chi connectivity index (χ2n) is 9.61. The van der Waals surface area contributed by atoms with Gasteiger partial charge in [-0.05, 0) is 50.5 Å². The van der Waals surface area contributed by atoms with Crippen molar-refractivity contribution in [3.05, 3.63) is 59.1 Å². The van der Waals surface area contributed by atoms with E-state index in [-0.39, 0.29) is 18.4 Å². The van der Waals surface area contributed by atoms with Gasteiger partial charge in [-0.15, -0.1) is 0 Å². The van der Waals surface area contributed by atoms with Crippen molar-refractivity contribution in [2.24, 2.45) is 11.8 Å². The van der Waals surface area contributed by atoms with Crippen LogP contribution in [0.25, 0.3) is 0 Å². The van der Waals surface area contributed by atoms with Gasteiger partial charge in [0.15, 0.2) is 0 Å². The molecule has 2 aromatic carbocycles. The minimum Gasteiger partial charge on any atom is -0.394 e. The monoisotopic (exact) mass is 497 g/mol. The van der Waals surface area contributed by atoms with Crippen LogP contribution in [-0.4, -0.2) is 58.1 Å². The molecule has 0 aromatic heterocycles. The predicted molar refractivity (Wildman–Crippen MR) is 131 cm³/mol. The van der Waals surface area contributed by atoms with E-state index < -0.39 is 41.5 Å². The van der Waals surface area contributed by atoms with Gasteiger partial charge in [0.2, 0.25) is 17.7 Å². The molecular formula is C26H28ClN3O5. The number of nitrogens with one attached hydrogen (secondary N) is 2. The first-order valence-corrected chi connectivity index (χ1v) is 12.2. The van der Waals surface area contributed by atoms with E-state index in [1.807, 2.05) is 31.2 Å². The Bertz CT molecular complexity index is 1150. The lowest BCUT2D eigenvalue weighted by Crippen LogP contribution is -2.55. The lowest BCUT2D eigenvalue weighted by atomic mass is 9.70. The Morgan fingerprint density at radius 3 is 2.60 bits per heavy atom. The third-order valence-electron chi connectivity index (χ3n) is 7.54. The Balaban J connectivity index is 1.50. The number of hydrogen-bond donors (Lipinski definition) is 3. The van der Waals surface area contributed by atoms with Crippen LogP contribution in [0.4, 0.5) is 11.4 Å². The van der Waals surface area contributed by atoms with Crippen LogP contribution >= 0.6 is 11.6 Å². The average molecular weight is 498 g/mol. The number of ether oxygens (including phenoxy) is 1. The minimum absolute atomic E-state index is 0.305. The number of anilines is 2.